The molecule has 2 unspecified atom stereocenters. The van der Waals surface area contributed by atoms with Crippen LogP contribution in [0.25, 0.3) is 0 Å². The van der Waals surface area contributed by atoms with Gasteiger partial charge in [-0.05, 0) is 51.7 Å². The fourth-order valence-electron chi connectivity index (χ4n) is 4.11. The molecule has 2 rings (SSSR count). The summed E-state index contributed by atoms with van der Waals surface area (Å²) in [6.07, 6.45) is -0.0556. The number of rotatable bonds is 11. The van der Waals surface area contributed by atoms with Gasteiger partial charge in [-0.25, -0.2) is 14.5 Å². The molecule has 0 bridgehead atoms. The van der Waals surface area contributed by atoms with Crippen LogP contribution in [-0.4, -0.2) is 75.5 Å². The van der Waals surface area contributed by atoms with E-state index in [1.54, 1.807) is 32.9 Å². The topological polar surface area (TPSA) is 148 Å². The first-order chi connectivity index (χ1) is 16.7. The van der Waals surface area contributed by atoms with Crippen LogP contribution < -0.4 is 16.0 Å². The van der Waals surface area contributed by atoms with Crippen molar-refractivity contribution >= 4 is 35.5 Å². The van der Waals surface area contributed by atoms with Gasteiger partial charge < -0.3 is 26.0 Å². The van der Waals surface area contributed by atoms with E-state index in [1.807, 2.05) is 32.9 Å². The van der Waals surface area contributed by atoms with Crippen LogP contribution in [0.5, 0.6) is 0 Å². The fraction of sp³-hybridized carbons (Fsp3) is 0.560. The fourth-order valence-corrected chi connectivity index (χ4v) is 4.11. The van der Waals surface area contributed by atoms with Crippen molar-refractivity contribution in [2.24, 2.45) is 5.92 Å². The average molecular weight is 504 g/mol. The predicted octanol–water partition coefficient (Wildman–Crippen LogP) is 2.55. The molecule has 0 radical (unpaired) electrons. The zero-order chi connectivity index (χ0) is 27.2. The number of aliphatic carboxylic acids is 1. The Balaban J connectivity index is 2.11. The number of urea groups is 2. The Morgan fingerprint density at radius 2 is 1.72 bits per heavy atom. The molecule has 1 aliphatic rings. The zero-order valence-electron chi connectivity index (χ0n) is 21.8. The summed E-state index contributed by atoms with van der Waals surface area (Å²) in [6, 6.07) is 4.49. The van der Waals surface area contributed by atoms with Crippen LogP contribution in [0, 0.1) is 12.8 Å². The van der Waals surface area contributed by atoms with E-state index in [9.17, 15) is 24.0 Å². The number of carboxylic acids is 1. The summed E-state index contributed by atoms with van der Waals surface area (Å²) in [4.78, 5) is 65.3. The molecule has 0 aliphatic carbocycles. The highest BCUT2D eigenvalue weighted by Crippen LogP contribution is 2.30. The second-order valence-corrected chi connectivity index (χ2v) is 10.0. The van der Waals surface area contributed by atoms with Crippen LogP contribution >= 0.6 is 0 Å². The van der Waals surface area contributed by atoms with Crippen LogP contribution in [0.2, 0.25) is 0 Å². The Kier molecular flexibility index (Phi) is 9.43. The minimum absolute atomic E-state index is 0.0138. The number of imide groups is 1. The van der Waals surface area contributed by atoms with E-state index < -0.39 is 47.5 Å². The predicted molar refractivity (Wildman–Crippen MR) is 134 cm³/mol. The SMILES string of the molecule is Cc1ccccc1NC(=O)NCCN1C(=O)N(C(CC(C)C)C(=O)NC(C)CC(=O)O)C(=O)C1(C)C. The third-order valence-corrected chi connectivity index (χ3v) is 6.05. The number of benzene rings is 1. The first-order valence-corrected chi connectivity index (χ1v) is 12.0. The lowest BCUT2D eigenvalue weighted by Crippen LogP contribution is -2.53. The van der Waals surface area contributed by atoms with Crippen molar-refractivity contribution in [3.8, 4) is 0 Å². The molecular weight excluding hydrogens is 466 g/mol. The number of hydrogen-bond acceptors (Lipinski definition) is 5. The van der Waals surface area contributed by atoms with Crippen LogP contribution in [0.15, 0.2) is 24.3 Å². The number of hydrogen-bond donors (Lipinski definition) is 4. The van der Waals surface area contributed by atoms with E-state index in [0.29, 0.717) is 5.69 Å². The summed E-state index contributed by atoms with van der Waals surface area (Å²) >= 11 is 0. The largest absolute Gasteiger partial charge is 0.481 e. The van der Waals surface area contributed by atoms with Gasteiger partial charge in [-0.3, -0.25) is 14.4 Å². The van der Waals surface area contributed by atoms with E-state index >= 15 is 0 Å². The molecule has 11 nitrogen and oxygen atoms in total. The maximum atomic E-state index is 13.4. The monoisotopic (exact) mass is 503 g/mol. The van der Waals surface area contributed by atoms with Crippen molar-refractivity contribution < 1.29 is 29.1 Å². The Labute approximate surface area is 211 Å². The summed E-state index contributed by atoms with van der Waals surface area (Å²) in [5.74, 6) is -2.18. The Morgan fingerprint density at radius 3 is 2.31 bits per heavy atom. The summed E-state index contributed by atoms with van der Waals surface area (Å²) in [7, 11) is 0. The van der Waals surface area contributed by atoms with Gasteiger partial charge in [-0.15, -0.1) is 0 Å². The van der Waals surface area contributed by atoms with Gasteiger partial charge in [0.2, 0.25) is 5.91 Å². The van der Waals surface area contributed by atoms with E-state index in [0.717, 1.165) is 10.5 Å². The van der Waals surface area contributed by atoms with Crippen molar-refractivity contribution in [2.45, 2.75) is 72.0 Å². The number of carbonyl (C=O) groups is 5. The number of aryl methyl sites for hydroxylation is 1. The van der Waals surface area contributed by atoms with Crippen LogP contribution in [0.1, 0.15) is 53.0 Å². The van der Waals surface area contributed by atoms with Gasteiger partial charge >= 0.3 is 18.0 Å². The molecule has 1 heterocycles. The molecule has 4 N–H and O–H groups in total. The minimum atomic E-state index is -1.23. The highest BCUT2D eigenvalue weighted by atomic mass is 16.4. The van der Waals surface area contributed by atoms with Gasteiger partial charge in [0.25, 0.3) is 5.91 Å². The standard InChI is InChI=1S/C25H37N5O6/c1-15(2)13-19(21(33)27-17(4)14-20(31)32)30-22(34)25(5,6)29(24(30)36)12-11-26-23(35)28-18-10-8-7-9-16(18)3/h7-10,15,17,19H,11-14H2,1-6H3,(H,27,33)(H,31,32)(H2,26,28,35). The maximum absolute atomic E-state index is 13.4. The Bertz CT molecular complexity index is 1010. The molecule has 1 saturated heterocycles. The van der Waals surface area contributed by atoms with Crippen molar-refractivity contribution in [1.29, 1.82) is 0 Å². The van der Waals surface area contributed by atoms with Gasteiger partial charge in [0.05, 0.1) is 6.42 Å². The number of carboxylic acid groups (broad SMARTS) is 1. The number of amides is 6. The van der Waals surface area contributed by atoms with Crippen LogP contribution in [0.4, 0.5) is 15.3 Å². The van der Waals surface area contributed by atoms with Gasteiger partial charge in [-0.1, -0.05) is 32.0 Å². The molecule has 0 aromatic heterocycles. The Morgan fingerprint density at radius 1 is 1.08 bits per heavy atom. The number of para-hydroxylation sites is 1. The van der Waals surface area contributed by atoms with Gasteiger partial charge in [0.1, 0.15) is 11.6 Å². The molecular formula is C25H37N5O6. The molecule has 11 heteroatoms. The lowest BCUT2D eigenvalue weighted by molar-refractivity contribution is -0.140. The number of nitrogens with one attached hydrogen (secondary N) is 3. The second-order valence-electron chi connectivity index (χ2n) is 10.0. The molecule has 36 heavy (non-hydrogen) atoms. The maximum Gasteiger partial charge on any atom is 0.328 e. The molecule has 1 aliphatic heterocycles. The first kappa shape index (κ1) is 28.6. The molecule has 0 spiro atoms. The summed E-state index contributed by atoms with van der Waals surface area (Å²) in [5, 5.41) is 17.0. The third kappa shape index (κ3) is 6.96. The summed E-state index contributed by atoms with van der Waals surface area (Å²) in [5.41, 5.74) is 0.332. The van der Waals surface area contributed by atoms with E-state index in [1.165, 1.54) is 4.90 Å². The molecule has 1 fully saturated rings. The van der Waals surface area contributed by atoms with E-state index in [4.69, 9.17) is 5.11 Å². The minimum Gasteiger partial charge on any atom is -0.481 e. The number of anilines is 1. The Hall–Kier alpha value is -3.63. The highest BCUT2D eigenvalue weighted by Gasteiger charge is 2.54. The first-order valence-electron chi connectivity index (χ1n) is 12.0. The van der Waals surface area contributed by atoms with Crippen molar-refractivity contribution in [3.63, 3.8) is 0 Å². The van der Waals surface area contributed by atoms with Crippen LogP contribution in [0.3, 0.4) is 0 Å². The van der Waals surface area contributed by atoms with Gasteiger partial charge in [-0.2, -0.15) is 0 Å². The number of carbonyl (C=O) groups excluding carboxylic acids is 4. The highest BCUT2D eigenvalue weighted by molar-refractivity contribution is 6.09. The lowest BCUT2D eigenvalue weighted by atomic mass is 9.99. The molecule has 6 amide bonds. The van der Waals surface area contributed by atoms with Gasteiger partial charge in [0, 0.05) is 24.8 Å². The summed E-state index contributed by atoms with van der Waals surface area (Å²) < 4.78 is 0. The molecule has 198 valence electrons. The molecule has 1 aromatic rings. The van der Waals surface area contributed by atoms with E-state index in [2.05, 4.69) is 16.0 Å². The smallest absolute Gasteiger partial charge is 0.328 e. The average Bonchev–Trinajstić information content (AvgIpc) is 2.92. The van der Waals surface area contributed by atoms with Crippen molar-refractivity contribution in [3.05, 3.63) is 29.8 Å². The second kappa shape index (κ2) is 11.9. The summed E-state index contributed by atoms with van der Waals surface area (Å²) in [6.45, 7) is 10.5. The molecule has 2 atom stereocenters. The van der Waals surface area contributed by atoms with Crippen molar-refractivity contribution in [2.75, 3.05) is 18.4 Å². The molecule has 0 saturated carbocycles. The van der Waals surface area contributed by atoms with Gasteiger partial charge in [0.15, 0.2) is 0 Å². The number of nitrogens with zero attached hydrogens (tertiary/aromatic N) is 2. The normalized spacial score (nSPS) is 16.6. The lowest BCUT2D eigenvalue weighted by Gasteiger charge is -2.28. The third-order valence-electron chi connectivity index (χ3n) is 6.05. The van der Waals surface area contributed by atoms with Crippen molar-refractivity contribution in [1.82, 2.24) is 20.4 Å². The zero-order valence-corrected chi connectivity index (χ0v) is 21.8. The molecule has 1 aromatic carbocycles. The van der Waals surface area contributed by atoms with Crippen LogP contribution in [-0.2, 0) is 14.4 Å². The quantitative estimate of drug-likeness (QED) is 0.341. The van der Waals surface area contributed by atoms with E-state index in [-0.39, 0.29) is 31.8 Å².